The Morgan fingerprint density at radius 3 is 2.71 bits per heavy atom. The average molecular weight is 331 g/mol. The van der Waals surface area contributed by atoms with Crippen LogP contribution in [0.15, 0.2) is 35.6 Å². The smallest absolute Gasteiger partial charge is 0.231 e. The van der Waals surface area contributed by atoms with Crippen LogP contribution in [0.3, 0.4) is 0 Å². The van der Waals surface area contributed by atoms with Gasteiger partial charge < -0.3 is 20.2 Å². The fraction of sp³-hybridized carbons (Fsp3) is 0.235. The molecule has 0 fully saturated rings. The lowest BCUT2D eigenvalue weighted by molar-refractivity contribution is -0.690. The second-order valence-corrected chi connectivity index (χ2v) is 5.16. The van der Waals surface area contributed by atoms with Gasteiger partial charge in [0.25, 0.3) is 0 Å². The molecule has 0 unspecified atom stereocenters. The summed E-state index contributed by atoms with van der Waals surface area (Å²) in [6.07, 6.45) is 2.58. The van der Waals surface area contributed by atoms with E-state index in [9.17, 15) is 15.0 Å². The Labute approximate surface area is 139 Å². The van der Waals surface area contributed by atoms with Crippen molar-refractivity contribution in [3.63, 3.8) is 0 Å². The number of aromatic nitrogens is 1. The lowest BCUT2D eigenvalue weighted by Crippen LogP contribution is -2.41. The zero-order chi connectivity index (χ0) is 17.7. The van der Waals surface area contributed by atoms with Gasteiger partial charge in [-0.3, -0.25) is 4.79 Å². The first-order chi connectivity index (χ1) is 11.5. The van der Waals surface area contributed by atoms with Crippen LogP contribution in [0.1, 0.15) is 27.2 Å². The molecule has 0 bridgehead atoms. The topological polar surface area (TPSA) is 103 Å². The van der Waals surface area contributed by atoms with E-state index in [4.69, 9.17) is 9.94 Å². The van der Waals surface area contributed by atoms with Crippen molar-refractivity contribution in [2.45, 2.75) is 20.1 Å². The maximum absolute atomic E-state index is 12.6. The molecule has 24 heavy (non-hydrogen) atoms. The number of carbonyl (C=O) groups is 1. The van der Waals surface area contributed by atoms with E-state index >= 15 is 0 Å². The number of aliphatic hydroxyl groups is 1. The van der Waals surface area contributed by atoms with Gasteiger partial charge in [0.15, 0.2) is 11.9 Å². The molecule has 1 aromatic carbocycles. The molecule has 3 N–H and O–H groups in total. The molecule has 0 aliphatic rings. The number of para-hydroxylation sites is 1. The van der Waals surface area contributed by atoms with E-state index in [-0.39, 0.29) is 30.2 Å². The molecule has 0 aliphatic carbocycles. The summed E-state index contributed by atoms with van der Waals surface area (Å²) in [7, 11) is 1.49. The molecular weight excluding hydrogens is 312 g/mol. The Hall–Kier alpha value is -2.93. The molecule has 126 valence electrons. The number of benzene rings is 1. The molecule has 2 aromatic rings. The second kappa shape index (κ2) is 7.56. The molecule has 2 rings (SSSR count). The number of oxime groups is 1. The highest BCUT2D eigenvalue weighted by Gasteiger charge is 2.23. The standard InChI is InChI=1S/C17H18N2O5/c1-11-17(22)14(7-18-23)12(10-20)8-19(11)9-15(21)13-5-3-4-6-16(13)24-2/h3-8,20,22H,9-10H2,1-2H3/p+1. The van der Waals surface area contributed by atoms with Gasteiger partial charge >= 0.3 is 0 Å². The molecule has 1 heterocycles. The third-order valence-electron chi connectivity index (χ3n) is 3.76. The van der Waals surface area contributed by atoms with Crippen LogP contribution in [0, 0.1) is 6.92 Å². The van der Waals surface area contributed by atoms with Gasteiger partial charge in [-0.25, -0.2) is 0 Å². The minimum absolute atomic E-state index is 0.0384. The monoisotopic (exact) mass is 331 g/mol. The van der Waals surface area contributed by atoms with Crippen LogP contribution in [0.4, 0.5) is 0 Å². The van der Waals surface area contributed by atoms with Crippen molar-refractivity contribution in [1.29, 1.82) is 0 Å². The van der Waals surface area contributed by atoms with Gasteiger partial charge in [0.05, 0.1) is 36.6 Å². The minimum Gasteiger partial charge on any atom is -0.502 e. The molecule has 0 aliphatic heterocycles. The summed E-state index contributed by atoms with van der Waals surface area (Å²) in [6.45, 7) is 1.21. The fourth-order valence-electron chi connectivity index (χ4n) is 2.44. The average Bonchev–Trinajstić information content (AvgIpc) is 2.61. The second-order valence-electron chi connectivity index (χ2n) is 5.16. The Morgan fingerprint density at radius 1 is 1.38 bits per heavy atom. The lowest BCUT2D eigenvalue weighted by Gasteiger charge is -2.09. The number of rotatable bonds is 6. The van der Waals surface area contributed by atoms with Gasteiger partial charge in [-0.2, -0.15) is 4.57 Å². The summed E-state index contributed by atoms with van der Waals surface area (Å²) in [4.78, 5) is 12.6. The summed E-state index contributed by atoms with van der Waals surface area (Å²) < 4.78 is 6.72. The third kappa shape index (κ3) is 3.36. The lowest BCUT2D eigenvalue weighted by atomic mass is 10.1. The highest BCUT2D eigenvalue weighted by molar-refractivity contribution is 5.97. The number of hydrogen-bond acceptors (Lipinski definition) is 6. The van der Waals surface area contributed by atoms with Crippen molar-refractivity contribution in [3.05, 3.63) is 52.8 Å². The molecule has 0 saturated heterocycles. The van der Waals surface area contributed by atoms with Crippen molar-refractivity contribution in [2.24, 2.45) is 5.16 Å². The number of methoxy groups -OCH3 is 1. The third-order valence-corrected chi connectivity index (χ3v) is 3.76. The number of ketones is 1. The number of Topliss-reactive ketones (excluding diaryl/α,β-unsaturated/α-hetero) is 1. The van der Waals surface area contributed by atoms with E-state index in [2.05, 4.69) is 5.16 Å². The van der Waals surface area contributed by atoms with Crippen LogP contribution in [0.25, 0.3) is 0 Å². The Kier molecular flexibility index (Phi) is 5.49. The first kappa shape index (κ1) is 17.4. The molecular formula is C17H19N2O5+. The first-order valence-corrected chi connectivity index (χ1v) is 7.22. The fourth-order valence-corrected chi connectivity index (χ4v) is 2.44. The maximum atomic E-state index is 12.6. The normalized spacial score (nSPS) is 11.0. The quantitative estimate of drug-likeness (QED) is 0.242. The van der Waals surface area contributed by atoms with E-state index in [1.165, 1.54) is 11.7 Å². The number of pyridine rings is 1. The number of hydrogen-bond donors (Lipinski definition) is 3. The van der Waals surface area contributed by atoms with Gasteiger partial charge in [0.1, 0.15) is 5.75 Å². The van der Waals surface area contributed by atoms with Crippen molar-refractivity contribution >= 4 is 12.0 Å². The van der Waals surface area contributed by atoms with Gasteiger partial charge in [-0.1, -0.05) is 17.3 Å². The van der Waals surface area contributed by atoms with Crippen LogP contribution in [0.5, 0.6) is 11.5 Å². The van der Waals surface area contributed by atoms with Crippen LogP contribution >= 0.6 is 0 Å². The molecule has 0 spiro atoms. The summed E-state index contributed by atoms with van der Waals surface area (Å²) >= 11 is 0. The van der Waals surface area contributed by atoms with E-state index < -0.39 is 0 Å². The Bertz CT molecular complexity index is 787. The molecule has 0 radical (unpaired) electrons. The van der Waals surface area contributed by atoms with Crippen molar-refractivity contribution < 1.29 is 29.5 Å². The summed E-state index contributed by atoms with van der Waals surface area (Å²) in [6, 6.07) is 6.87. The predicted molar refractivity (Wildman–Crippen MR) is 85.7 cm³/mol. The van der Waals surface area contributed by atoms with Gasteiger partial charge in [0.2, 0.25) is 18.0 Å². The highest BCUT2D eigenvalue weighted by Crippen LogP contribution is 2.22. The van der Waals surface area contributed by atoms with Crippen molar-refractivity contribution in [3.8, 4) is 11.5 Å². The summed E-state index contributed by atoms with van der Waals surface area (Å²) in [5, 5.41) is 31.2. The SMILES string of the molecule is COc1ccccc1C(=O)C[n+]1cc(CO)c(C=NO)c(O)c1C. The molecule has 7 heteroatoms. The number of carbonyl (C=O) groups excluding carboxylic acids is 1. The van der Waals surface area contributed by atoms with Crippen LogP contribution < -0.4 is 9.30 Å². The van der Waals surface area contributed by atoms with E-state index in [1.54, 1.807) is 37.4 Å². The van der Waals surface area contributed by atoms with Gasteiger partial charge in [-0.15, -0.1) is 0 Å². The molecule has 0 amide bonds. The molecule has 0 saturated carbocycles. The number of nitrogens with zero attached hydrogens (tertiary/aromatic N) is 2. The van der Waals surface area contributed by atoms with Crippen LogP contribution in [0.2, 0.25) is 0 Å². The van der Waals surface area contributed by atoms with Crippen molar-refractivity contribution in [2.75, 3.05) is 7.11 Å². The molecule has 0 atom stereocenters. The number of aliphatic hydroxyl groups excluding tert-OH is 1. The highest BCUT2D eigenvalue weighted by atomic mass is 16.5. The Morgan fingerprint density at radius 2 is 2.08 bits per heavy atom. The van der Waals surface area contributed by atoms with E-state index in [0.29, 0.717) is 22.6 Å². The number of aromatic hydroxyl groups is 1. The predicted octanol–water partition coefficient (Wildman–Crippen LogP) is 1.18. The molecule has 1 aromatic heterocycles. The first-order valence-electron chi connectivity index (χ1n) is 7.22. The van der Waals surface area contributed by atoms with E-state index in [0.717, 1.165) is 6.21 Å². The van der Waals surface area contributed by atoms with Crippen LogP contribution in [-0.4, -0.2) is 34.5 Å². The Balaban J connectivity index is 2.43. The molecule has 7 nitrogen and oxygen atoms in total. The number of ether oxygens (including phenoxy) is 1. The minimum atomic E-state index is -0.377. The van der Waals surface area contributed by atoms with Gasteiger partial charge in [-0.05, 0) is 12.1 Å². The van der Waals surface area contributed by atoms with Gasteiger partial charge in [0, 0.05) is 6.92 Å². The summed E-state index contributed by atoms with van der Waals surface area (Å²) in [5.74, 6) is 0.107. The van der Waals surface area contributed by atoms with Crippen molar-refractivity contribution in [1.82, 2.24) is 0 Å². The largest absolute Gasteiger partial charge is 0.502 e. The van der Waals surface area contributed by atoms with E-state index in [1.807, 2.05) is 0 Å². The maximum Gasteiger partial charge on any atom is 0.231 e. The zero-order valence-electron chi connectivity index (χ0n) is 13.4. The van der Waals surface area contributed by atoms with Crippen LogP contribution in [-0.2, 0) is 13.2 Å². The zero-order valence-corrected chi connectivity index (χ0v) is 13.4. The summed E-state index contributed by atoms with van der Waals surface area (Å²) in [5.41, 5.74) is 1.38.